The van der Waals surface area contributed by atoms with E-state index in [9.17, 15) is 4.79 Å². The average molecular weight is 281 g/mol. The number of hydrogen-bond acceptors (Lipinski definition) is 3. The molecule has 1 aliphatic rings. The van der Waals surface area contributed by atoms with Crippen molar-refractivity contribution in [3.63, 3.8) is 0 Å². The van der Waals surface area contributed by atoms with Crippen LogP contribution in [-0.2, 0) is 4.79 Å². The molecule has 102 valence electrons. The topological polar surface area (TPSA) is 41.6 Å². The minimum atomic E-state index is 0.0172. The van der Waals surface area contributed by atoms with E-state index in [1.54, 1.807) is 37.5 Å². The van der Waals surface area contributed by atoms with Gasteiger partial charge in [0.25, 0.3) is 0 Å². The van der Waals surface area contributed by atoms with Gasteiger partial charge in [0.05, 0.1) is 7.11 Å². The number of amides is 1. The number of ether oxygens (including phenoxy) is 1. The molecule has 0 atom stereocenters. The maximum atomic E-state index is 12.0. The Labute approximate surface area is 118 Å². The fourth-order valence-electron chi connectivity index (χ4n) is 1.99. The van der Waals surface area contributed by atoms with Crippen LogP contribution < -0.4 is 10.1 Å². The van der Waals surface area contributed by atoms with Crippen LogP contribution in [0.1, 0.15) is 5.56 Å². The summed E-state index contributed by atoms with van der Waals surface area (Å²) >= 11 is 5.94. The normalized spacial score (nSPS) is 15.8. The summed E-state index contributed by atoms with van der Waals surface area (Å²) in [7, 11) is 1.60. The lowest BCUT2D eigenvalue weighted by molar-refractivity contribution is -0.126. The zero-order valence-corrected chi connectivity index (χ0v) is 11.6. The molecule has 1 amide bonds. The Morgan fingerprint density at radius 3 is 2.84 bits per heavy atom. The second-order valence-corrected chi connectivity index (χ2v) is 4.73. The maximum Gasteiger partial charge on any atom is 0.246 e. The van der Waals surface area contributed by atoms with Crippen LogP contribution >= 0.6 is 11.6 Å². The number of benzene rings is 1. The molecule has 1 N–H and O–H groups in total. The van der Waals surface area contributed by atoms with Gasteiger partial charge >= 0.3 is 0 Å². The number of nitrogens with one attached hydrogen (secondary N) is 1. The van der Waals surface area contributed by atoms with Gasteiger partial charge in [-0.05, 0) is 24.3 Å². The van der Waals surface area contributed by atoms with Gasteiger partial charge < -0.3 is 15.0 Å². The summed E-state index contributed by atoms with van der Waals surface area (Å²) in [6.45, 7) is 3.19. The molecule has 1 fully saturated rings. The van der Waals surface area contributed by atoms with Gasteiger partial charge in [-0.2, -0.15) is 0 Å². The highest BCUT2D eigenvalue weighted by Crippen LogP contribution is 2.23. The monoisotopic (exact) mass is 280 g/mol. The number of rotatable bonds is 3. The van der Waals surface area contributed by atoms with E-state index in [2.05, 4.69) is 5.32 Å². The van der Waals surface area contributed by atoms with Crippen LogP contribution in [0.5, 0.6) is 5.75 Å². The Bertz CT molecular complexity index is 482. The number of carbonyl (C=O) groups is 1. The predicted molar refractivity (Wildman–Crippen MR) is 76.5 cm³/mol. The third-order valence-electron chi connectivity index (χ3n) is 3.03. The van der Waals surface area contributed by atoms with Gasteiger partial charge in [-0.25, -0.2) is 0 Å². The third kappa shape index (κ3) is 3.72. The highest BCUT2D eigenvalue weighted by atomic mass is 35.5. The van der Waals surface area contributed by atoms with Crippen molar-refractivity contribution < 1.29 is 9.53 Å². The van der Waals surface area contributed by atoms with Gasteiger partial charge in [0.2, 0.25) is 5.91 Å². The Morgan fingerprint density at radius 2 is 2.16 bits per heavy atom. The molecule has 0 bridgehead atoms. The molecule has 1 heterocycles. The summed E-state index contributed by atoms with van der Waals surface area (Å²) in [5.74, 6) is 0.720. The van der Waals surface area contributed by atoms with Gasteiger partial charge in [0, 0.05) is 42.8 Å². The number of nitrogens with zero attached hydrogens (tertiary/aromatic N) is 1. The van der Waals surface area contributed by atoms with E-state index >= 15 is 0 Å². The SMILES string of the molecule is COc1ccc(Cl)cc1/C=C/C(=O)N1CCNCC1. The van der Waals surface area contributed by atoms with E-state index in [1.807, 2.05) is 4.90 Å². The number of methoxy groups -OCH3 is 1. The van der Waals surface area contributed by atoms with Gasteiger partial charge in [0.1, 0.15) is 5.75 Å². The second kappa shape index (κ2) is 6.59. The van der Waals surface area contributed by atoms with Crippen molar-refractivity contribution in [1.82, 2.24) is 10.2 Å². The molecule has 2 rings (SSSR count). The van der Waals surface area contributed by atoms with Gasteiger partial charge in [0.15, 0.2) is 0 Å². The Kier molecular flexibility index (Phi) is 4.82. The Morgan fingerprint density at radius 1 is 1.42 bits per heavy atom. The summed E-state index contributed by atoms with van der Waals surface area (Å²) in [6.07, 6.45) is 3.31. The van der Waals surface area contributed by atoms with E-state index in [4.69, 9.17) is 16.3 Å². The van der Waals surface area contributed by atoms with Crippen LogP contribution in [0.4, 0.5) is 0 Å². The number of hydrogen-bond donors (Lipinski definition) is 1. The lowest BCUT2D eigenvalue weighted by atomic mass is 10.2. The lowest BCUT2D eigenvalue weighted by Gasteiger charge is -2.26. The second-order valence-electron chi connectivity index (χ2n) is 4.29. The summed E-state index contributed by atoms with van der Waals surface area (Å²) in [4.78, 5) is 13.8. The van der Waals surface area contributed by atoms with Crippen LogP contribution in [0, 0.1) is 0 Å². The minimum absolute atomic E-state index is 0.0172. The first kappa shape index (κ1) is 13.9. The van der Waals surface area contributed by atoms with Gasteiger partial charge in [-0.3, -0.25) is 4.79 Å². The summed E-state index contributed by atoms with van der Waals surface area (Å²) < 4.78 is 5.23. The molecule has 1 saturated heterocycles. The molecule has 5 heteroatoms. The molecule has 1 aromatic carbocycles. The number of halogens is 1. The first-order chi connectivity index (χ1) is 9.20. The largest absolute Gasteiger partial charge is 0.496 e. The van der Waals surface area contributed by atoms with Crippen LogP contribution in [0.15, 0.2) is 24.3 Å². The maximum absolute atomic E-state index is 12.0. The van der Waals surface area contributed by atoms with E-state index in [1.165, 1.54) is 0 Å². The van der Waals surface area contributed by atoms with Crippen molar-refractivity contribution >= 4 is 23.6 Å². The molecule has 0 spiro atoms. The van der Waals surface area contributed by atoms with Crippen LogP contribution in [-0.4, -0.2) is 44.1 Å². The molecular weight excluding hydrogens is 264 g/mol. The van der Waals surface area contributed by atoms with E-state index < -0.39 is 0 Å². The fraction of sp³-hybridized carbons (Fsp3) is 0.357. The lowest BCUT2D eigenvalue weighted by Crippen LogP contribution is -2.45. The molecule has 1 aromatic rings. The van der Waals surface area contributed by atoms with Crippen molar-refractivity contribution in [1.29, 1.82) is 0 Å². The van der Waals surface area contributed by atoms with Gasteiger partial charge in [-0.15, -0.1) is 0 Å². The minimum Gasteiger partial charge on any atom is -0.496 e. The summed E-state index contributed by atoms with van der Waals surface area (Å²) in [5.41, 5.74) is 0.804. The molecule has 0 saturated carbocycles. The fourth-order valence-corrected chi connectivity index (χ4v) is 2.17. The smallest absolute Gasteiger partial charge is 0.246 e. The van der Waals surface area contributed by atoms with Gasteiger partial charge in [-0.1, -0.05) is 11.6 Å². The molecule has 0 unspecified atom stereocenters. The van der Waals surface area contributed by atoms with E-state index in [0.717, 1.165) is 31.7 Å². The van der Waals surface area contributed by atoms with Crippen LogP contribution in [0.25, 0.3) is 6.08 Å². The number of carbonyl (C=O) groups excluding carboxylic acids is 1. The van der Waals surface area contributed by atoms with Crippen molar-refractivity contribution in [3.05, 3.63) is 34.9 Å². The molecule has 0 aliphatic carbocycles. The average Bonchev–Trinajstić information content (AvgIpc) is 2.46. The number of piperazine rings is 1. The molecule has 1 aliphatic heterocycles. The third-order valence-corrected chi connectivity index (χ3v) is 3.26. The standard InChI is InChI=1S/C14H17ClN2O2/c1-19-13-4-3-12(15)10-11(13)2-5-14(18)17-8-6-16-7-9-17/h2-5,10,16H,6-9H2,1H3/b5-2+. The molecule has 0 aromatic heterocycles. The summed E-state index contributed by atoms with van der Waals surface area (Å²) in [5, 5.41) is 3.83. The quantitative estimate of drug-likeness (QED) is 0.859. The first-order valence-corrected chi connectivity index (χ1v) is 6.60. The highest BCUT2D eigenvalue weighted by Gasteiger charge is 2.13. The van der Waals surface area contributed by atoms with Crippen LogP contribution in [0.3, 0.4) is 0 Å². The van der Waals surface area contributed by atoms with Crippen molar-refractivity contribution in [2.45, 2.75) is 0 Å². The highest BCUT2D eigenvalue weighted by molar-refractivity contribution is 6.30. The van der Waals surface area contributed by atoms with E-state index in [-0.39, 0.29) is 5.91 Å². The molecular formula is C14H17ClN2O2. The molecule has 0 radical (unpaired) electrons. The van der Waals surface area contributed by atoms with Crippen molar-refractivity contribution in [2.24, 2.45) is 0 Å². The Hall–Kier alpha value is -1.52. The molecule has 4 nitrogen and oxygen atoms in total. The molecule has 19 heavy (non-hydrogen) atoms. The van der Waals surface area contributed by atoms with Crippen LogP contribution in [0.2, 0.25) is 5.02 Å². The first-order valence-electron chi connectivity index (χ1n) is 6.22. The summed E-state index contributed by atoms with van der Waals surface area (Å²) in [6, 6.07) is 5.33. The predicted octanol–water partition coefficient (Wildman–Crippen LogP) is 1.79. The van der Waals surface area contributed by atoms with Crippen molar-refractivity contribution in [3.8, 4) is 5.75 Å². The Balaban J connectivity index is 2.08. The van der Waals surface area contributed by atoms with Crippen molar-refractivity contribution in [2.75, 3.05) is 33.3 Å². The van der Waals surface area contributed by atoms with E-state index in [0.29, 0.717) is 10.8 Å². The zero-order chi connectivity index (χ0) is 13.7. The zero-order valence-electron chi connectivity index (χ0n) is 10.9.